The Morgan fingerprint density at radius 3 is 2.33 bits per heavy atom. The molecule has 108 valence electrons. The van der Waals surface area contributed by atoms with E-state index >= 15 is 0 Å². The van der Waals surface area contributed by atoms with Crippen molar-refractivity contribution in [3.8, 4) is 5.69 Å². The van der Waals surface area contributed by atoms with E-state index in [1.165, 1.54) is 13.8 Å². The second-order valence-corrected chi connectivity index (χ2v) is 4.51. The number of benzene rings is 1. The summed E-state index contributed by atoms with van der Waals surface area (Å²) < 4.78 is 1.70. The Hall–Kier alpha value is -2.89. The molecule has 0 aliphatic heterocycles. The van der Waals surface area contributed by atoms with Gasteiger partial charge in [0, 0.05) is 29.2 Å². The largest absolute Gasteiger partial charge is 0.478 e. The SMILES string of the molecule is CC(C(=O)O)=C(C)C(=O)Nc1ccc(-n2cccn2)cc1. The second-order valence-electron chi connectivity index (χ2n) is 4.51. The predicted octanol–water partition coefficient (Wildman–Crippen LogP) is 2.23. The van der Waals surface area contributed by atoms with Gasteiger partial charge in [-0.2, -0.15) is 5.10 Å². The molecule has 1 amide bonds. The maximum Gasteiger partial charge on any atom is 0.331 e. The van der Waals surface area contributed by atoms with E-state index in [4.69, 9.17) is 5.11 Å². The summed E-state index contributed by atoms with van der Waals surface area (Å²) in [7, 11) is 0. The summed E-state index contributed by atoms with van der Waals surface area (Å²) in [5.41, 5.74) is 1.67. The van der Waals surface area contributed by atoms with E-state index < -0.39 is 11.9 Å². The number of amides is 1. The number of anilines is 1. The Bertz CT molecular complexity index is 685. The summed E-state index contributed by atoms with van der Waals surface area (Å²) in [6.07, 6.45) is 3.50. The number of carbonyl (C=O) groups excluding carboxylic acids is 1. The number of carbonyl (C=O) groups is 2. The number of carboxylic acid groups (broad SMARTS) is 1. The van der Waals surface area contributed by atoms with Crippen LogP contribution in [0.4, 0.5) is 5.69 Å². The van der Waals surface area contributed by atoms with Crippen molar-refractivity contribution in [2.24, 2.45) is 0 Å². The normalized spacial score (nSPS) is 11.7. The van der Waals surface area contributed by atoms with Crippen molar-refractivity contribution in [1.82, 2.24) is 9.78 Å². The van der Waals surface area contributed by atoms with Gasteiger partial charge in [0.15, 0.2) is 0 Å². The molecule has 2 aromatic rings. The van der Waals surface area contributed by atoms with Crippen LogP contribution in [0.2, 0.25) is 0 Å². The fourth-order valence-electron chi connectivity index (χ4n) is 1.67. The molecule has 0 radical (unpaired) electrons. The van der Waals surface area contributed by atoms with E-state index in [-0.39, 0.29) is 11.1 Å². The molecule has 2 N–H and O–H groups in total. The van der Waals surface area contributed by atoms with Crippen LogP contribution in [0.25, 0.3) is 5.69 Å². The maximum absolute atomic E-state index is 11.9. The molecule has 0 bridgehead atoms. The molecule has 6 nitrogen and oxygen atoms in total. The zero-order valence-corrected chi connectivity index (χ0v) is 11.7. The molecule has 2 rings (SSSR count). The van der Waals surface area contributed by atoms with E-state index in [1.807, 2.05) is 24.4 Å². The first-order valence-corrected chi connectivity index (χ1v) is 6.31. The average Bonchev–Trinajstić information content (AvgIpc) is 3.00. The molecule has 0 unspecified atom stereocenters. The van der Waals surface area contributed by atoms with Crippen molar-refractivity contribution in [3.63, 3.8) is 0 Å². The monoisotopic (exact) mass is 285 g/mol. The van der Waals surface area contributed by atoms with Crippen LogP contribution in [0, 0.1) is 0 Å². The first-order chi connectivity index (χ1) is 9.99. The van der Waals surface area contributed by atoms with Gasteiger partial charge in [-0.05, 0) is 44.2 Å². The lowest BCUT2D eigenvalue weighted by Crippen LogP contribution is -2.16. The summed E-state index contributed by atoms with van der Waals surface area (Å²) in [5.74, 6) is -1.53. The molecule has 0 spiro atoms. The number of hydrogen-bond donors (Lipinski definition) is 2. The zero-order valence-electron chi connectivity index (χ0n) is 11.7. The third kappa shape index (κ3) is 3.36. The summed E-state index contributed by atoms with van der Waals surface area (Å²) in [5, 5.41) is 15.6. The van der Waals surface area contributed by atoms with Gasteiger partial charge < -0.3 is 10.4 Å². The molecule has 0 atom stereocenters. The van der Waals surface area contributed by atoms with E-state index in [0.717, 1.165) is 5.69 Å². The lowest BCUT2D eigenvalue weighted by molar-refractivity contribution is -0.133. The smallest absolute Gasteiger partial charge is 0.331 e. The standard InChI is InChI=1S/C15H15N3O3/c1-10(11(2)15(20)21)14(19)17-12-4-6-13(7-5-12)18-9-3-8-16-18/h3-9H,1-2H3,(H,17,19)(H,20,21). The fourth-order valence-corrected chi connectivity index (χ4v) is 1.67. The third-order valence-electron chi connectivity index (χ3n) is 3.12. The van der Waals surface area contributed by atoms with Crippen LogP contribution in [0.5, 0.6) is 0 Å². The second kappa shape index (κ2) is 6.04. The molecule has 0 saturated carbocycles. The van der Waals surface area contributed by atoms with Crippen LogP contribution in [-0.4, -0.2) is 26.8 Å². The van der Waals surface area contributed by atoms with Crippen molar-refractivity contribution < 1.29 is 14.7 Å². The minimum absolute atomic E-state index is 0.0284. The van der Waals surface area contributed by atoms with Crippen molar-refractivity contribution >= 4 is 17.6 Å². The highest BCUT2D eigenvalue weighted by Gasteiger charge is 2.12. The number of aromatic nitrogens is 2. The summed E-state index contributed by atoms with van der Waals surface area (Å²) >= 11 is 0. The number of nitrogens with zero attached hydrogens (tertiary/aromatic N) is 2. The zero-order chi connectivity index (χ0) is 15.4. The molecule has 0 fully saturated rings. The van der Waals surface area contributed by atoms with Gasteiger partial charge >= 0.3 is 5.97 Å². The molecule has 1 aromatic carbocycles. The van der Waals surface area contributed by atoms with Gasteiger partial charge in [-0.15, -0.1) is 0 Å². The number of aliphatic carboxylic acids is 1. The highest BCUT2D eigenvalue weighted by Crippen LogP contribution is 2.14. The Morgan fingerprint density at radius 2 is 1.81 bits per heavy atom. The first kappa shape index (κ1) is 14.5. The molecular formula is C15H15N3O3. The van der Waals surface area contributed by atoms with Crippen molar-refractivity contribution in [3.05, 3.63) is 53.9 Å². The Morgan fingerprint density at radius 1 is 1.14 bits per heavy atom. The summed E-state index contributed by atoms with van der Waals surface area (Å²) in [6.45, 7) is 2.88. The minimum Gasteiger partial charge on any atom is -0.478 e. The van der Waals surface area contributed by atoms with E-state index in [1.54, 1.807) is 23.0 Å². The summed E-state index contributed by atoms with van der Waals surface area (Å²) in [6, 6.07) is 8.91. The van der Waals surface area contributed by atoms with Crippen LogP contribution in [0.15, 0.2) is 53.9 Å². The highest BCUT2D eigenvalue weighted by atomic mass is 16.4. The van der Waals surface area contributed by atoms with Crippen LogP contribution in [0.3, 0.4) is 0 Å². The molecule has 0 saturated heterocycles. The van der Waals surface area contributed by atoms with Gasteiger partial charge in [0.1, 0.15) is 0 Å². The van der Waals surface area contributed by atoms with Crippen LogP contribution in [0.1, 0.15) is 13.8 Å². The van der Waals surface area contributed by atoms with E-state index in [9.17, 15) is 9.59 Å². The van der Waals surface area contributed by atoms with Crippen molar-refractivity contribution in [2.75, 3.05) is 5.32 Å². The highest BCUT2D eigenvalue weighted by molar-refractivity contribution is 6.08. The topological polar surface area (TPSA) is 84.2 Å². The van der Waals surface area contributed by atoms with Gasteiger partial charge in [0.2, 0.25) is 0 Å². The molecule has 6 heteroatoms. The first-order valence-electron chi connectivity index (χ1n) is 6.31. The predicted molar refractivity (Wildman–Crippen MR) is 78.2 cm³/mol. The van der Waals surface area contributed by atoms with E-state index in [0.29, 0.717) is 5.69 Å². The van der Waals surface area contributed by atoms with Crippen molar-refractivity contribution in [2.45, 2.75) is 13.8 Å². The van der Waals surface area contributed by atoms with Crippen LogP contribution in [-0.2, 0) is 9.59 Å². The Balaban J connectivity index is 2.12. The molecule has 21 heavy (non-hydrogen) atoms. The van der Waals surface area contributed by atoms with Gasteiger partial charge in [-0.1, -0.05) is 0 Å². The van der Waals surface area contributed by atoms with Gasteiger partial charge in [0.05, 0.1) is 5.69 Å². The van der Waals surface area contributed by atoms with Gasteiger partial charge in [0.25, 0.3) is 5.91 Å². The Labute approximate surface area is 121 Å². The number of hydrogen-bond acceptors (Lipinski definition) is 3. The number of rotatable bonds is 4. The van der Waals surface area contributed by atoms with Gasteiger partial charge in [-0.25, -0.2) is 9.48 Å². The quantitative estimate of drug-likeness (QED) is 0.844. The maximum atomic E-state index is 11.9. The third-order valence-corrected chi connectivity index (χ3v) is 3.12. The molecule has 1 heterocycles. The van der Waals surface area contributed by atoms with Crippen molar-refractivity contribution in [1.29, 1.82) is 0 Å². The number of nitrogens with one attached hydrogen (secondary N) is 1. The molecule has 0 aliphatic carbocycles. The average molecular weight is 285 g/mol. The molecule has 1 aromatic heterocycles. The lowest BCUT2D eigenvalue weighted by atomic mass is 10.1. The summed E-state index contributed by atoms with van der Waals surface area (Å²) in [4.78, 5) is 22.7. The Kier molecular flexibility index (Phi) is 4.18. The van der Waals surface area contributed by atoms with E-state index in [2.05, 4.69) is 10.4 Å². The molecule has 0 aliphatic rings. The molecular weight excluding hydrogens is 270 g/mol. The minimum atomic E-state index is -1.10. The fraction of sp³-hybridized carbons (Fsp3) is 0.133. The van der Waals surface area contributed by atoms with Crippen LogP contribution >= 0.6 is 0 Å². The lowest BCUT2D eigenvalue weighted by Gasteiger charge is -2.08. The van der Waals surface area contributed by atoms with Crippen LogP contribution < -0.4 is 5.32 Å². The number of carboxylic acids is 1. The van der Waals surface area contributed by atoms with Gasteiger partial charge in [-0.3, -0.25) is 4.79 Å².